The summed E-state index contributed by atoms with van der Waals surface area (Å²) >= 11 is 0. The maximum atomic E-state index is 11.4. The van der Waals surface area contributed by atoms with Crippen molar-refractivity contribution in [1.29, 1.82) is 0 Å². The van der Waals surface area contributed by atoms with Crippen molar-refractivity contribution in [2.24, 2.45) is 5.73 Å². The van der Waals surface area contributed by atoms with Crippen LogP contribution < -0.4 is 11.1 Å². The van der Waals surface area contributed by atoms with E-state index in [-0.39, 0.29) is 6.32 Å². The van der Waals surface area contributed by atoms with Gasteiger partial charge in [0, 0.05) is 19.3 Å². The number of hydrogen-bond donors (Lipinski definition) is 5. The molecule has 1 saturated heterocycles. The Bertz CT molecular complexity index is 326. The van der Waals surface area contributed by atoms with Gasteiger partial charge in [0.1, 0.15) is 5.54 Å². The van der Waals surface area contributed by atoms with Crippen molar-refractivity contribution in [3.63, 3.8) is 0 Å². The Morgan fingerprint density at radius 1 is 1.23 bits per heavy atom. The molecule has 1 atom stereocenters. The molecule has 0 spiro atoms. The van der Waals surface area contributed by atoms with Crippen LogP contribution in [-0.4, -0.2) is 59.6 Å². The van der Waals surface area contributed by atoms with E-state index in [1.165, 1.54) is 0 Å². The van der Waals surface area contributed by atoms with Crippen molar-refractivity contribution in [2.45, 2.75) is 62.8 Å². The van der Waals surface area contributed by atoms with Crippen molar-refractivity contribution in [3.05, 3.63) is 0 Å². The van der Waals surface area contributed by atoms with Gasteiger partial charge < -0.3 is 30.9 Å². The number of rotatable bonds is 11. The number of carboxylic acids is 1. The van der Waals surface area contributed by atoms with Crippen molar-refractivity contribution in [3.8, 4) is 0 Å². The molecule has 1 aliphatic heterocycles. The van der Waals surface area contributed by atoms with Gasteiger partial charge >= 0.3 is 13.1 Å². The number of unbranched alkanes of at least 4 members (excludes halogenated alkanes) is 1. The fourth-order valence-corrected chi connectivity index (χ4v) is 2.72. The lowest BCUT2D eigenvalue weighted by Gasteiger charge is -2.26. The molecule has 0 radical (unpaired) electrons. The maximum absolute atomic E-state index is 11.4. The Morgan fingerprint density at radius 2 is 1.86 bits per heavy atom. The first-order valence-electron chi connectivity index (χ1n) is 8.13. The molecule has 128 valence electrons. The predicted molar refractivity (Wildman–Crippen MR) is 84.5 cm³/mol. The molecule has 1 fully saturated rings. The third-order valence-corrected chi connectivity index (χ3v) is 4.22. The molecule has 6 N–H and O–H groups in total. The summed E-state index contributed by atoms with van der Waals surface area (Å²) in [6, 6.07) is 0.455. The molecule has 0 amide bonds. The third-order valence-electron chi connectivity index (χ3n) is 4.22. The molecule has 1 heterocycles. The molecule has 1 unspecified atom stereocenters. The molecule has 0 aromatic rings. The van der Waals surface area contributed by atoms with E-state index >= 15 is 0 Å². The van der Waals surface area contributed by atoms with Crippen LogP contribution in [0.15, 0.2) is 0 Å². The molecular weight excluding hydrogens is 287 g/mol. The van der Waals surface area contributed by atoms with Crippen molar-refractivity contribution in [1.82, 2.24) is 5.32 Å². The highest BCUT2D eigenvalue weighted by atomic mass is 16.5. The zero-order chi connectivity index (χ0) is 16.4. The van der Waals surface area contributed by atoms with Gasteiger partial charge in [-0.1, -0.05) is 12.8 Å². The summed E-state index contributed by atoms with van der Waals surface area (Å²) in [4.78, 5) is 11.4. The second kappa shape index (κ2) is 10.2. The van der Waals surface area contributed by atoms with E-state index in [2.05, 4.69) is 5.32 Å². The zero-order valence-electron chi connectivity index (χ0n) is 13.2. The molecule has 0 aliphatic carbocycles. The average molecular weight is 316 g/mol. The quantitative estimate of drug-likeness (QED) is 0.267. The Morgan fingerprint density at radius 3 is 2.45 bits per heavy atom. The Kier molecular flexibility index (Phi) is 8.96. The van der Waals surface area contributed by atoms with Crippen LogP contribution in [0.25, 0.3) is 0 Å². The van der Waals surface area contributed by atoms with E-state index in [1.54, 1.807) is 0 Å². The van der Waals surface area contributed by atoms with Gasteiger partial charge in [-0.2, -0.15) is 0 Å². The molecule has 1 aliphatic rings. The topological polar surface area (TPSA) is 125 Å². The molecular formula is C14H29BN2O5. The summed E-state index contributed by atoms with van der Waals surface area (Å²) in [7, 11) is -1.33. The summed E-state index contributed by atoms with van der Waals surface area (Å²) in [5.74, 6) is -0.983. The molecule has 0 bridgehead atoms. The van der Waals surface area contributed by atoms with Crippen molar-refractivity contribution in [2.75, 3.05) is 19.8 Å². The fourth-order valence-electron chi connectivity index (χ4n) is 2.72. The van der Waals surface area contributed by atoms with Crippen LogP contribution >= 0.6 is 0 Å². The minimum atomic E-state index is -1.33. The summed E-state index contributed by atoms with van der Waals surface area (Å²) in [5.41, 5.74) is 4.78. The van der Waals surface area contributed by atoms with Crippen LogP contribution in [0.5, 0.6) is 0 Å². The van der Waals surface area contributed by atoms with E-state index in [0.717, 1.165) is 32.6 Å². The monoisotopic (exact) mass is 316 g/mol. The normalized spacial score (nSPS) is 18.9. The Labute approximate surface area is 132 Å². The summed E-state index contributed by atoms with van der Waals surface area (Å²) in [6.45, 7) is 2.32. The SMILES string of the molecule is NC(CCCCB(O)O)(CCCNC1CCOCC1)C(=O)O. The summed E-state index contributed by atoms with van der Waals surface area (Å²) < 4.78 is 5.29. The minimum Gasteiger partial charge on any atom is -0.480 e. The molecule has 8 heteroatoms. The molecule has 0 aromatic heterocycles. The van der Waals surface area contributed by atoms with E-state index in [0.29, 0.717) is 38.1 Å². The largest absolute Gasteiger partial charge is 0.480 e. The second-order valence-corrected chi connectivity index (χ2v) is 6.13. The minimum absolute atomic E-state index is 0.251. The van der Waals surface area contributed by atoms with Crippen molar-refractivity contribution >= 4 is 13.1 Å². The van der Waals surface area contributed by atoms with Crippen LogP contribution in [0.3, 0.4) is 0 Å². The van der Waals surface area contributed by atoms with E-state index in [9.17, 15) is 9.90 Å². The highest BCUT2D eigenvalue weighted by molar-refractivity contribution is 6.40. The fraction of sp³-hybridized carbons (Fsp3) is 0.929. The molecule has 7 nitrogen and oxygen atoms in total. The van der Waals surface area contributed by atoms with Gasteiger partial charge in [0.05, 0.1) is 0 Å². The van der Waals surface area contributed by atoms with Crippen LogP contribution in [0.2, 0.25) is 6.32 Å². The van der Waals surface area contributed by atoms with Crippen molar-refractivity contribution < 1.29 is 24.7 Å². The van der Waals surface area contributed by atoms with E-state index < -0.39 is 18.6 Å². The Hall–Kier alpha value is -0.665. The van der Waals surface area contributed by atoms with Gasteiger partial charge in [0.2, 0.25) is 0 Å². The number of nitrogens with one attached hydrogen (secondary N) is 1. The van der Waals surface area contributed by atoms with Crippen LogP contribution in [-0.2, 0) is 9.53 Å². The van der Waals surface area contributed by atoms with E-state index in [4.69, 9.17) is 20.5 Å². The standard InChI is InChI=1S/C14H29BN2O5/c16-14(13(18)19,6-1-2-8-15(20)21)7-3-9-17-12-4-10-22-11-5-12/h12,17,20-21H,1-11,16H2,(H,18,19). The predicted octanol–water partition coefficient (Wildman–Crippen LogP) is -0.0396. The van der Waals surface area contributed by atoms with Gasteiger partial charge in [-0.3, -0.25) is 4.79 Å². The molecule has 0 aromatic carbocycles. The highest BCUT2D eigenvalue weighted by Crippen LogP contribution is 2.19. The van der Waals surface area contributed by atoms with Gasteiger partial charge in [-0.15, -0.1) is 0 Å². The van der Waals surface area contributed by atoms with Gasteiger partial charge in [0.15, 0.2) is 0 Å². The first kappa shape index (κ1) is 19.4. The van der Waals surface area contributed by atoms with Gasteiger partial charge in [-0.25, -0.2) is 0 Å². The third kappa shape index (κ3) is 7.55. The molecule has 1 rings (SSSR count). The highest BCUT2D eigenvalue weighted by Gasteiger charge is 2.32. The first-order chi connectivity index (χ1) is 10.4. The molecule has 0 saturated carbocycles. The average Bonchev–Trinajstić information content (AvgIpc) is 2.49. The summed E-state index contributed by atoms with van der Waals surface area (Å²) in [5, 5.41) is 30.3. The maximum Gasteiger partial charge on any atom is 0.451 e. The van der Waals surface area contributed by atoms with Gasteiger partial charge in [-0.05, 0) is 45.0 Å². The number of hydrogen-bond acceptors (Lipinski definition) is 6. The summed E-state index contributed by atoms with van der Waals surface area (Å²) in [6.07, 6.45) is 4.86. The van der Waals surface area contributed by atoms with Crippen LogP contribution in [0.4, 0.5) is 0 Å². The van der Waals surface area contributed by atoms with Crippen LogP contribution in [0.1, 0.15) is 44.9 Å². The second-order valence-electron chi connectivity index (χ2n) is 6.13. The number of carbonyl (C=O) groups is 1. The molecule has 22 heavy (non-hydrogen) atoms. The lowest BCUT2D eigenvalue weighted by molar-refractivity contribution is -0.144. The first-order valence-corrected chi connectivity index (χ1v) is 8.13. The zero-order valence-corrected chi connectivity index (χ0v) is 13.2. The number of nitrogens with two attached hydrogens (primary N) is 1. The lowest BCUT2D eigenvalue weighted by atomic mass is 9.81. The smallest absolute Gasteiger partial charge is 0.451 e. The van der Waals surface area contributed by atoms with Crippen LogP contribution in [0, 0.1) is 0 Å². The number of carboxylic acid groups (broad SMARTS) is 1. The lowest BCUT2D eigenvalue weighted by Crippen LogP contribution is -2.48. The number of ether oxygens (including phenoxy) is 1. The number of aliphatic carboxylic acids is 1. The van der Waals surface area contributed by atoms with E-state index in [1.807, 2.05) is 0 Å². The Balaban J connectivity index is 2.22. The van der Waals surface area contributed by atoms with Gasteiger partial charge in [0.25, 0.3) is 0 Å².